The highest BCUT2D eigenvalue weighted by molar-refractivity contribution is 7.93. The highest BCUT2D eigenvalue weighted by atomic mass is 32.2. The Morgan fingerprint density at radius 1 is 1.34 bits per heavy atom. The quantitative estimate of drug-likeness (QED) is 0.488. The van der Waals surface area contributed by atoms with Crippen LogP contribution in [0.1, 0.15) is 48.5 Å². The standard InChI is InChI=1S/C24H25FN4O4S2/c1-16(25)7-8-24(31)9-11-29(12-10-24)23(30)19-6-5-18(13-17(19)14-26)28-35(32,33)21-4-2-3-20-22(21)27-15-34-20/h2-6,13,15-16,28,31H,7-12H2,1H3. The minimum absolute atomic E-state index is 0.0258. The number of amides is 1. The number of benzene rings is 2. The molecule has 2 N–H and O–H groups in total. The molecule has 1 aromatic heterocycles. The van der Waals surface area contributed by atoms with Crippen LogP contribution < -0.4 is 4.72 Å². The monoisotopic (exact) mass is 516 g/mol. The Hall–Kier alpha value is -3.07. The number of aliphatic hydroxyl groups is 1. The first-order valence-electron chi connectivity index (χ1n) is 11.2. The summed E-state index contributed by atoms with van der Waals surface area (Å²) in [4.78, 5) is 18.8. The molecule has 11 heteroatoms. The lowest BCUT2D eigenvalue weighted by Crippen LogP contribution is -2.47. The largest absolute Gasteiger partial charge is 0.390 e. The third kappa shape index (κ3) is 5.45. The lowest BCUT2D eigenvalue weighted by Gasteiger charge is -2.38. The average Bonchev–Trinajstić information content (AvgIpc) is 3.31. The number of hydrogen-bond donors (Lipinski definition) is 2. The second-order valence-corrected chi connectivity index (χ2v) is 11.3. The number of carbonyl (C=O) groups excluding carboxylic acids is 1. The molecule has 184 valence electrons. The van der Waals surface area contributed by atoms with Crippen LogP contribution in [0.25, 0.3) is 10.2 Å². The number of nitriles is 1. The van der Waals surface area contributed by atoms with E-state index in [0.717, 1.165) is 4.70 Å². The first-order valence-corrected chi connectivity index (χ1v) is 13.5. The molecule has 1 atom stereocenters. The van der Waals surface area contributed by atoms with Crippen LogP contribution >= 0.6 is 11.3 Å². The number of thiazole rings is 1. The lowest BCUT2D eigenvalue weighted by molar-refractivity contribution is -0.0275. The van der Waals surface area contributed by atoms with E-state index in [1.807, 2.05) is 6.07 Å². The number of alkyl halides is 1. The summed E-state index contributed by atoms with van der Waals surface area (Å²) in [5, 5.41) is 20.3. The second kappa shape index (κ2) is 9.89. The maximum absolute atomic E-state index is 13.2. The number of nitrogens with one attached hydrogen (secondary N) is 1. The van der Waals surface area contributed by atoms with Crippen molar-refractivity contribution >= 4 is 43.2 Å². The van der Waals surface area contributed by atoms with Crippen molar-refractivity contribution in [1.29, 1.82) is 5.26 Å². The first-order chi connectivity index (χ1) is 16.6. The fourth-order valence-electron chi connectivity index (χ4n) is 4.19. The average molecular weight is 517 g/mol. The van der Waals surface area contributed by atoms with E-state index < -0.39 is 21.8 Å². The molecule has 4 rings (SSSR count). The SMILES string of the molecule is CC(F)CCC1(O)CCN(C(=O)c2ccc(NS(=O)(=O)c3cccc4scnc34)cc2C#N)CC1. The molecule has 2 aromatic carbocycles. The van der Waals surface area contributed by atoms with Gasteiger partial charge in [0.15, 0.2) is 0 Å². The predicted molar refractivity (Wildman–Crippen MR) is 131 cm³/mol. The highest BCUT2D eigenvalue weighted by Crippen LogP contribution is 2.30. The Morgan fingerprint density at radius 2 is 2.09 bits per heavy atom. The Bertz CT molecular complexity index is 1390. The summed E-state index contributed by atoms with van der Waals surface area (Å²) in [6, 6.07) is 11.0. The van der Waals surface area contributed by atoms with Crippen LogP contribution in [0.3, 0.4) is 0 Å². The van der Waals surface area contributed by atoms with E-state index in [0.29, 0.717) is 24.8 Å². The van der Waals surface area contributed by atoms with Crippen molar-refractivity contribution in [3.05, 3.63) is 53.0 Å². The van der Waals surface area contributed by atoms with Gasteiger partial charge in [-0.2, -0.15) is 5.26 Å². The lowest BCUT2D eigenvalue weighted by atomic mass is 9.86. The van der Waals surface area contributed by atoms with Crippen LogP contribution in [0.2, 0.25) is 0 Å². The van der Waals surface area contributed by atoms with Crippen molar-refractivity contribution < 1.29 is 22.7 Å². The number of carbonyl (C=O) groups is 1. The maximum Gasteiger partial charge on any atom is 0.264 e. The van der Waals surface area contributed by atoms with Crippen LogP contribution in [0, 0.1) is 11.3 Å². The molecule has 0 spiro atoms. The number of halogens is 1. The van der Waals surface area contributed by atoms with E-state index >= 15 is 0 Å². The van der Waals surface area contributed by atoms with E-state index in [1.165, 1.54) is 42.5 Å². The number of para-hydroxylation sites is 1. The van der Waals surface area contributed by atoms with Crippen LogP contribution in [0.4, 0.5) is 10.1 Å². The number of anilines is 1. The minimum atomic E-state index is -3.98. The zero-order valence-corrected chi connectivity index (χ0v) is 20.7. The summed E-state index contributed by atoms with van der Waals surface area (Å²) in [5.74, 6) is -0.371. The summed E-state index contributed by atoms with van der Waals surface area (Å²) < 4.78 is 42.3. The fourth-order valence-corrected chi connectivity index (χ4v) is 6.18. The van der Waals surface area contributed by atoms with Gasteiger partial charge in [-0.1, -0.05) is 6.07 Å². The van der Waals surface area contributed by atoms with Crippen LogP contribution in [0.15, 0.2) is 46.8 Å². The molecule has 1 aliphatic heterocycles. The molecule has 8 nitrogen and oxygen atoms in total. The van der Waals surface area contributed by atoms with Gasteiger partial charge in [0.25, 0.3) is 15.9 Å². The van der Waals surface area contributed by atoms with Crippen LogP contribution in [0.5, 0.6) is 0 Å². The van der Waals surface area contributed by atoms with Gasteiger partial charge in [0.2, 0.25) is 0 Å². The molecule has 0 aliphatic carbocycles. The van der Waals surface area contributed by atoms with Gasteiger partial charge in [-0.3, -0.25) is 9.52 Å². The molecule has 1 aliphatic rings. The van der Waals surface area contributed by atoms with Crippen molar-refractivity contribution in [3.8, 4) is 6.07 Å². The number of nitrogens with zero attached hydrogens (tertiary/aromatic N) is 3. The Kier molecular flexibility index (Phi) is 7.07. The molecule has 0 saturated carbocycles. The molecular weight excluding hydrogens is 491 g/mol. The van der Waals surface area contributed by atoms with E-state index in [4.69, 9.17) is 0 Å². The van der Waals surface area contributed by atoms with Crippen molar-refractivity contribution in [2.24, 2.45) is 0 Å². The molecule has 0 radical (unpaired) electrons. The molecular formula is C24H25FN4O4S2. The number of rotatable bonds is 7. The summed E-state index contributed by atoms with van der Waals surface area (Å²) >= 11 is 1.33. The summed E-state index contributed by atoms with van der Waals surface area (Å²) in [6.07, 6.45) is 0.250. The summed E-state index contributed by atoms with van der Waals surface area (Å²) in [7, 11) is -3.98. The number of aromatic nitrogens is 1. The highest BCUT2D eigenvalue weighted by Gasteiger charge is 2.34. The van der Waals surface area contributed by atoms with Crippen molar-refractivity contribution in [2.75, 3.05) is 17.8 Å². The molecule has 0 bridgehead atoms. The summed E-state index contributed by atoms with van der Waals surface area (Å²) in [6.45, 7) is 2.02. The van der Waals surface area contributed by atoms with Gasteiger partial charge in [-0.25, -0.2) is 17.8 Å². The van der Waals surface area contributed by atoms with Gasteiger partial charge in [-0.05, 0) is 62.9 Å². The number of likely N-dealkylation sites (tertiary alicyclic amines) is 1. The van der Waals surface area contributed by atoms with Crippen molar-refractivity contribution in [1.82, 2.24) is 9.88 Å². The van der Waals surface area contributed by atoms with E-state index in [9.17, 15) is 28.0 Å². The topological polar surface area (TPSA) is 123 Å². The van der Waals surface area contributed by atoms with Crippen molar-refractivity contribution in [2.45, 2.75) is 49.3 Å². The van der Waals surface area contributed by atoms with Crippen LogP contribution in [-0.4, -0.2) is 54.2 Å². The maximum atomic E-state index is 13.2. The van der Waals surface area contributed by atoms with E-state index in [2.05, 4.69) is 9.71 Å². The van der Waals surface area contributed by atoms with E-state index in [-0.39, 0.29) is 47.1 Å². The third-order valence-electron chi connectivity index (χ3n) is 6.22. The van der Waals surface area contributed by atoms with Gasteiger partial charge in [0.05, 0.1) is 38.8 Å². The van der Waals surface area contributed by atoms with Gasteiger partial charge >= 0.3 is 0 Å². The van der Waals surface area contributed by atoms with E-state index in [1.54, 1.807) is 22.5 Å². The second-order valence-electron chi connectivity index (χ2n) is 8.77. The van der Waals surface area contributed by atoms with Crippen molar-refractivity contribution in [3.63, 3.8) is 0 Å². The molecule has 1 fully saturated rings. The minimum Gasteiger partial charge on any atom is -0.390 e. The number of sulfonamides is 1. The van der Waals surface area contributed by atoms with Gasteiger partial charge in [0, 0.05) is 13.1 Å². The number of fused-ring (bicyclic) bond motifs is 1. The van der Waals surface area contributed by atoms with Gasteiger partial charge in [0.1, 0.15) is 16.5 Å². The Labute approximate surface area is 207 Å². The Balaban J connectivity index is 1.50. The molecule has 2 heterocycles. The van der Waals surface area contributed by atoms with Crippen LogP contribution in [-0.2, 0) is 10.0 Å². The third-order valence-corrected chi connectivity index (χ3v) is 8.43. The number of piperidine rings is 1. The Morgan fingerprint density at radius 3 is 2.77 bits per heavy atom. The summed E-state index contributed by atoms with van der Waals surface area (Å²) in [5.41, 5.74) is 1.27. The molecule has 1 amide bonds. The number of hydrogen-bond acceptors (Lipinski definition) is 7. The first kappa shape index (κ1) is 25.0. The normalized spacial score (nSPS) is 16.6. The van der Waals surface area contributed by atoms with Gasteiger partial charge < -0.3 is 10.0 Å². The zero-order valence-electron chi connectivity index (χ0n) is 19.1. The van der Waals surface area contributed by atoms with Gasteiger partial charge in [-0.15, -0.1) is 11.3 Å². The molecule has 1 saturated heterocycles. The molecule has 35 heavy (non-hydrogen) atoms. The smallest absolute Gasteiger partial charge is 0.264 e. The molecule has 1 unspecified atom stereocenters. The predicted octanol–water partition coefficient (Wildman–Crippen LogP) is 4.07. The fraction of sp³-hybridized carbons (Fsp3) is 0.375. The zero-order chi connectivity index (χ0) is 25.2. The molecule has 3 aromatic rings.